The van der Waals surface area contributed by atoms with E-state index in [-0.39, 0.29) is 0 Å². The van der Waals surface area contributed by atoms with Crippen molar-refractivity contribution in [3.63, 3.8) is 0 Å². The lowest BCUT2D eigenvalue weighted by Gasteiger charge is -2.06. The molecule has 0 amide bonds. The minimum absolute atomic E-state index is 0.386. The van der Waals surface area contributed by atoms with Gasteiger partial charge in [0.2, 0.25) is 0 Å². The molecule has 82 valence electrons. The quantitative estimate of drug-likeness (QED) is 0.591. The molecule has 1 aromatic rings. The van der Waals surface area contributed by atoms with Crippen molar-refractivity contribution in [2.24, 2.45) is 5.73 Å². The van der Waals surface area contributed by atoms with Crippen molar-refractivity contribution in [1.82, 2.24) is 0 Å². The maximum absolute atomic E-state index is 5.51. The van der Waals surface area contributed by atoms with Crippen LogP contribution in [-0.4, -0.2) is 25.3 Å². The summed E-state index contributed by atoms with van der Waals surface area (Å²) in [5.41, 5.74) is 6.34. The summed E-state index contributed by atoms with van der Waals surface area (Å²) in [6.45, 7) is 1.34. The molecule has 0 fully saturated rings. The van der Waals surface area contributed by atoms with Crippen LogP contribution in [0.2, 0.25) is 0 Å². The Morgan fingerprint density at radius 2 is 2.20 bits per heavy atom. The van der Waals surface area contributed by atoms with Crippen molar-refractivity contribution in [2.75, 3.05) is 20.3 Å². The molecule has 0 radical (unpaired) electrons. The highest BCUT2D eigenvalue weighted by Crippen LogP contribution is 2.13. The molecule has 0 aliphatic heterocycles. The minimum Gasteiger partial charge on any atom is -0.493 e. The maximum atomic E-state index is 5.51. The van der Waals surface area contributed by atoms with Gasteiger partial charge in [-0.2, -0.15) is 0 Å². The van der Waals surface area contributed by atoms with Gasteiger partial charge in [-0.25, -0.2) is 0 Å². The van der Waals surface area contributed by atoms with Gasteiger partial charge < -0.3 is 15.2 Å². The van der Waals surface area contributed by atoms with Crippen LogP contribution in [0.3, 0.4) is 0 Å². The summed E-state index contributed by atoms with van der Waals surface area (Å²) in [5, 5.41) is 0. The fraction of sp³-hybridized carbons (Fsp3) is 0.364. The molecule has 1 aromatic carbocycles. The Kier molecular flexibility index (Phi) is 5.07. The van der Waals surface area contributed by atoms with Crippen LogP contribution in [0.4, 0.5) is 0 Å². The van der Waals surface area contributed by atoms with Gasteiger partial charge in [-0.3, -0.25) is 0 Å². The number of benzene rings is 1. The highest BCUT2D eigenvalue weighted by Gasteiger charge is 1.98. The van der Waals surface area contributed by atoms with Crippen molar-refractivity contribution in [3.05, 3.63) is 29.8 Å². The molecule has 0 saturated heterocycles. The maximum Gasteiger partial charge on any atom is 0.119 e. The number of nitrogens with two attached hydrogens (primary N) is 1. The van der Waals surface area contributed by atoms with E-state index in [0.29, 0.717) is 18.2 Å². The van der Waals surface area contributed by atoms with Gasteiger partial charge in [0.1, 0.15) is 10.7 Å². The zero-order valence-electron chi connectivity index (χ0n) is 8.73. The van der Waals surface area contributed by atoms with E-state index in [1.54, 1.807) is 7.11 Å². The molecule has 1 rings (SSSR count). The summed E-state index contributed by atoms with van der Waals surface area (Å²) < 4.78 is 10.4. The largest absolute Gasteiger partial charge is 0.493 e. The summed E-state index contributed by atoms with van der Waals surface area (Å²) in [5.74, 6) is 0.788. The third-order valence-electron chi connectivity index (χ3n) is 1.88. The van der Waals surface area contributed by atoms with Crippen molar-refractivity contribution < 1.29 is 9.47 Å². The number of hydrogen-bond acceptors (Lipinski definition) is 3. The Hall–Kier alpha value is -1.13. The van der Waals surface area contributed by atoms with E-state index in [0.717, 1.165) is 17.7 Å². The molecule has 0 bridgehead atoms. The molecule has 15 heavy (non-hydrogen) atoms. The predicted molar refractivity (Wildman–Crippen MR) is 64.3 cm³/mol. The molecule has 0 aliphatic carbocycles. The molecular formula is C11H15NO2S. The first kappa shape index (κ1) is 11.9. The average molecular weight is 225 g/mol. The molecule has 0 unspecified atom stereocenters. The predicted octanol–water partition coefficient (Wildman–Crippen LogP) is 1.74. The second kappa shape index (κ2) is 6.37. The van der Waals surface area contributed by atoms with Crippen LogP contribution in [0.1, 0.15) is 12.0 Å². The summed E-state index contributed by atoms with van der Waals surface area (Å²) in [6.07, 6.45) is 0.869. The van der Waals surface area contributed by atoms with E-state index in [9.17, 15) is 0 Å². The Bertz CT molecular complexity index is 328. The van der Waals surface area contributed by atoms with Crippen LogP contribution in [0.5, 0.6) is 5.75 Å². The summed E-state index contributed by atoms with van der Waals surface area (Å²) in [7, 11) is 1.67. The molecule has 0 aromatic heterocycles. The third-order valence-corrected chi connectivity index (χ3v) is 2.12. The monoisotopic (exact) mass is 225 g/mol. The Morgan fingerprint density at radius 1 is 1.40 bits per heavy atom. The minimum atomic E-state index is 0.386. The van der Waals surface area contributed by atoms with Crippen molar-refractivity contribution in [2.45, 2.75) is 6.42 Å². The van der Waals surface area contributed by atoms with E-state index in [1.165, 1.54) is 0 Å². The third kappa shape index (κ3) is 4.27. The fourth-order valence-electron chi connectivity index (χ4n) is 1.13. The zero-order valence-corrected chi connectivity index (χ0v) is 9.55. The first-order valence-electron chi connectivity index (χ1n) is 4.75. The molecule has 0 aliphatic rings. The zero-order chi connectivity index (χ0) is 11.1. The van der Waals surface area contributed by atoms with E-state index < -0.39 is 0 Å². The standard InChI is InChI=1S/C11H15NO2S/c1-13-6-3-7-14-10-5-2-4-9(8-10)11(12)15/h2,4-5,8H,3,6-7H2,1H3,(H2,12,15). The first-order chi connectivity index (χ1) is 7.24. The van der Waals surface area contributed by atoms with Gasteiger partial charge in [-0.15, -0.1) is 0 Å². The molecule has 0 spiro atoms. The summed E-state index contributed by atoms with van der Waals surface area (Å²) in [4.78, 5) is 0.386. The van der Waals surface area contributed by atoms with E-state index in [4.69, 9.17) is 27.4 Å². The lowest BCUT2D eigenvalue weighted by atomic mass is 10.2. The number of hydrogen-bond donors (Lipinski definition) is 1. The second-order valence-corrected chi connectivity index (χ2v) is 3.53. The first-order valence-corrected chi connectivity index (χ1v) is 5.16. The molecule has 0 heterocycles. The van der Waals surface area contributed by atoms with E-state index >= 15 is 0 Å². The molecule has 2 N–H and O–H groups in total. The number of thiocarbonyl (C=S) groups is 1. The number of rotatable bonds is 6. The van der Waals surface area contributed by atoms with E-state index in [1.807, 2.05) is 24.3 Å². The van der Waals surface area contributed by atoms with Crippen molar-refractivity contribution in [1.29, 1.82) is 0 Å². The normalized spacial score (nSPS) is 9.93. The lowest BCUT2D eigenvalue weighted by molar-refractivity contribution is 0.172. The SMILES string of the molecule is COCCCOc1cccc(C(N)=S)c1. The van der Waals surface area contributed by atoms with Crippen LogP contribution >= 0.6 is 12.2 Å². The van der Waals surface area contributed by atoms with Gasteiger partial charge in [-0.1, -0.05) is 24.4 Å². The second-order valence-electron chi connectivity index (χ2n) is 3.09. The van der Waals surface area contributed by atoms with Gasteiger partial charge in [0, 0.05) is 25.7 Å². The van der Waals surface area contributed by atoms with Crippen LogP contribution in [0.25, 0.3) is 0 Å². The lowest BCUT2D eigenvalue weighted by Crippen LogP contribution is -2.09. The smallest absolute Gasteiger partial charge is 0.119 e. The van der Waals surface area contributed by atoms with Crippen molar-refractivity contribution in [3.8, 4) is 5.75 Å². The summed E-state index contributed by atoms with van der Waals surface area (Å²) in [6, 6.07) is 7.47. The van der Waals surface area contributed by atoms with Gasteiger partial charge >= 0.3 is 0 Å². The molecule has 3 nitrogen and oxygen atoms in total. The van der Waals surface area contributed by atoms with Crippen LogP contribution in [0, 0.1) is 0 Å². The molecule has 0 saturated carbocycles. The van der Waals surface area contributed by atoms with Gasteiger partial charge in [0.25, 0.3) is 0 Å². The molecule has 4 heteroatoms. The Labute approximate surface area is 95.2 Å². The molecular weight excluding hydrogens is 210 g/mol. The average Bonchev–Trinajstić information content (AvgIpc) is 2.25. The van der Waals surface area contributed by atoms with Gasteiger partial charge in [-0.05, 0) is 12.1 Å². The van der Waals surface area contributed by atoms with Crippen LogP contribution in [-0.2, 0) is 4.74 Å². The fourth-order valence-corrected chi connectivity index (χ4v) is 1.26. The summed E-state index contributed by atoms with van der Waals surface area (Å²) >= 11 is 4.88. The van der Waals surface area contributed by atoms with Gasteiger partial charge in [0.15, 0.2) is 0 Å². The van der Waals surface area contributed by atoms with Crippen LogP contribution in [0.15, 0.2) is 24.3 Å². The van der Waals surface area contributed by atoms with Crippen molar-refractivity contribution >= 4 is 17.2 Å². The Morgan fingerprint density at radius 3 is 2.87 bits per heavy atom. The number of ether oxygens (including phenoxy) is 2. The Balaban J connectivity index is 2.47. The number of methoxy groups -OCH3 is 1. The topological polar surface area (TPSA) is 44.5 Å². The van der Waals surface area contributed by atoms with E-state index in [2.05, 4.69) is 0 Å². The highest BCUT2D eigenvalue weighted by molar-refractivity contribution is 7.80. The highest BCUT2D eigenvalue weighted by atomic mass is 32.1. The van der Waals surface area contributed by atoms with Gasteiger partial charge in [0.05, 0.1) is 6.61 Å². The van der Waals surface area contributed by atoms with Crippen LogP contribution < -0.4 is 10.5 Å². The molecule has 0 atom stereocenters.